The minimum atomic E-state index is -0.876. The van der Waals surface area contributed by atoms with Crippen molar-refractivity contribution in [1.82, 2.24) is 9.55 Å². The summed E-state index contributed by atoms with van der Waals surface area (Å²) in [6, 6.07) is 5.70. The lowest BCUT2D eigenvalue weighted by Crippen LogP contribution is -2.30. The first kappa shape index (κ1) is 10.1. The molecule has 0 amide bonds. The molecule has 1 heterocycles. The van der Waals surface area contributed by atoms with E-state index in [2.05, 4.69) is 9.55 Å². The van der Waals surface area contributed by atoms with Crippen LogP contribution in [0.2, 0.25) is 0 Å². The lowest BCUT2D eigenvalue weighted by Gasteiger charge is -2.38. The number of imidazole rings is 1. The number of aromatic carboxylic acids is 1. The van der Waals surface area contributed by atoms with Gasteiger partial charge in [0.15, 0.2) is 0 Å². The second-order valence-corrected chi connectivity index (χ2v) is 5.58. The largest absolute Gasteiger partial charge is 0.478 e. The molecule has 4 rings (SSSR count). The topological polar surface area (TPSA) is 55.1 Å². The summed E-state index contributed by atoms with van der Waals surface area (Å²) in [6.07, 6.45) is 7.02. The van der Waals surface area contributed by atoms with Crippen molar-refractivity contribution in [2.75, 3.05) is 0 Å². The van der Waals surface area contributed by atoms with E-state index < -0.39 is 5.97 Å². The van der Waals surface area contributed by atoms with E-state index in [1.54, 1.807) is 18.2 Å². The molecule has 2 saturated carbocycles. The molecule has 1 N–H and O–H groups in total. The van der Waals surface area contributed by atoms with E-state index in [1.807, 2.05) is 6.33 Å². The first-order valence-electron chi connectivity index (χ1n) is 6.40. The van der Waals surface area contributed by atoms with Gasteiger partial charge in [0.05, 0.1) is 22.9 Å². The maximum atomic E-state index is 11.0. The molecule has 2 aliphatic rings. The molecule has 0 aliphatic heterocycles. The second-order valence-electron chi connectivity index (χ2n) is 5.58. The molecule has 2 aliphatic carbocycles. The smallest absolute Gasteiger partial charge is 0.335 e. The third-order valence-corrected chi connectivity index (χ3v) is 4.67. The van der Waals surface area contributed by atoms with E-state index in [9.17, 15) is 4.79 Å². The van der Waals surface area contributed by atoms with Crippen LogP contribution in [0.4, 0.5) is 0 Å². The molecule has 1 aromatic heterocycles. The third kappa shape index (κ3) is 1.20. The van der Waals surface area contributed by atoms with Gasteiger partial charge in [0.25, 0.3) is 0 Å². The summed E-state index contributed by atoms with van der Waals surface area (Å²) in [4.78, 5) is 15.4. The molecule has 18 heavy (non-hydrogen) atoms. The van der Waals surface area contributed by atoms with Crippen LogP contribution in [0.1, 0.15) is 42.1 Å². The highest BCUT2D eigenvalue weighted by Gasteiger charge is 2.56. The van der Waals surface area contributed by atoms with Crippen LogP contribution in [0.15, 0.2) is 24.5 Å². The summed E-state index contributed by atoms with van der Waals surface area (Å²) < 4.78 is 2.19. The van der Waals surface area contributed by atoms with Crippen LogP contribution in [0.3, 0.4) is 0 Å². The van der Waals surface area contributed by atoms with E-state index in [0.717, 1.165) is 11.0 Å². The lowest BCUT2D eigenvalue weighted by molar-refractivity contribution is 0.0697. The Kier molecular flexibility index (Phi) is 1.76. The number of hydrogen-bond donors (Lipinski definition) is 1. The molecule has 4 nitrogen and oxygen atoms in total. The Bertz CT molecular complexity index is 655. The molecule has 0 saturated heterocycles. The van der Waals surface area contributed by atoms with Crippen molar-refractivity contribution in [2.24, 2.45) is 5.41 Å². The van der Waals surface area contributed by atoms with Crippen LogP contribution in [0.5, 0.6) is 0 Å². The summed E-state index contributed by atoms with van der Waals surface area (Å²) in [5, 5.41) is 9.07. The zero-order valence-corrected chi connectivity index (χ0v) is 9.97. The van der Waals surface area contributed by atoms with E-state index in [1.165, 1.54) is 25.7 Å². The highest BCUT2D eigenvalue weighted by molar-refractivity contribution is 5.92. The average Bonchev–Trinajstić information content (AvgIpc) is 3.08. The average molecular weight is 242 g/mol. The third-order valence-electron chi connectivity index (χ3n) is 4.67. The fourth-order valence-electron chi connectivity index (χ4n) is 3.27. The highest BCUT2D eigenvalue weighted by atomic mass is 16.4. The number of fused-ring (bicyclic) bond motifs is 1. The molecule has 1 aromatic carbocycles. The highest BCUT2D eigenvalue weighted by Crippen LogP contribution is 2.66. The van der Waals surface area contributed by atoms with Gasteiger partial charge >= 0.3 is 5.97 Å². The predicted molar refractivity (Wildman–Crippen MR) is 66.6 cm³/mol. The number of carboxylic acid groups (broad SMARTS) is 1. The van der Waals surface area contributed by atoms with Gasteiger partial charge in [0, 0.05) is 6.04 Å². The van der Waals surface area contributed by atoms with Crippen molar-refractivity contribution < 1.29 is 9.90 Å². The zero-order valence-electron chi connectivity index (χ0n) is 9.97. The van der Waals surface area contributed by atoms with Gasteiger partial charge in [-0.15, -0.1) is 0 Å². The monoisotopic (exact) mass is 242 g/mol. The summed E-state index contributed by atoms with van der Waals surface area (Å²) in [6.45, 7) is 0. The molecular formula is C14H14N2O2. The van der Waals surface area contributed by atoms with Crippen molar-refractivity contribution in [3.05, 3.63) is 30.1 Å². The van der Waals surface area contributed by atoms with Gasteiger partial charge in [-0.3, -0.25) is 0 Å². The lowest BCUT2D eigenvalue weighted by atomic mass is 9.76. The first-order valence-corrected chi connectivity index (χ1v) is 6.40. The minimum absolute atomic E-state index is 0.341. The van der Waals surface area contributed by atoms with Crippen molar-refractivity contribution in [2.45, 2.75) is 31.7 Å². The fraction of sp³-hybridized carbons (Fsp3) is 0.429. The minimum Gasteiger partial charge on any atom is -0.478 e. The number of rotatable bonds is 2. The Labute approximate surface area is 104 Å². The Morgan fingerprint density at radius 1 is 1.39 bits per heavy atom. The van der Waals surface area contributed by atoms with Crippen molar-refractivity contribution in [3.8, 4) is 0 Å². The predicted octanol–water partition coefficient (Wildman–Crippen LogP) is 2.85. The Hall–Kier alpha value is -1.84. The second kappa shape index (κ2) is 3.13. The number of nitrogens with zero attached hydrogens (tertiary/aromatic N) is 2. The number of aromatic nitrogens is 2. The van der Waals surface area contributed by atoms with E-state index in [0.29, 0.717) is 17.0 Å². The Morgan fingerprint density at radius 2 is 2.22 bits per heavy atom. The molecule has 1 unspecified atom stereocenters. The van der Waals surface area contributed by atoms with Gasteiger partial charge in [-0.1, -0.05) is 0 Å². The quantitative estimate of drug-likeness (QED) is 0.881. The van der Waals surface area contributed by atoms with Crippen molar-refractivity contribution >= 4 is 17.0 Å². The van der Waals surface area contributed by atoms with Crippen LogP contribution >= 0.6 is 0 Å². The molecule has 2 fully saturated rings. The molecule has 92 valence electrons. The molecule has 4 heteroatoms. The number of carboxylic acids is 1. The van der Waals surface area contributed by atoms with E-state index >= 15 is 0 Å². The van der Waals surface area contributed by atoms with Crippen LogP contribution in [-0.4, -0.2) is 20.6 Å². The summed E-state index contributed by atoms with van der Waals surface area (Å²) in [5.41, 5.74) is 2.72. The molecule has 0 bridgehead atoms. The van der Waals surface area contributed by atoms with Crippen molar-refractivity contribution in [3.63, 3.8) is 0 Å². The van der Waals surface area contributed by atoms with Gasteiger partial charge in [-0.25, -0.2) is 9.78 Å². The standard InChI is InChI=1S/C14H14N2O2/c17-13(18)9-1-2-10-11(7-9)16(8-15-10)12-3-4-14(12)5-6-14/h1-2,7-8,12H,3-6H2,(H,17,18). The summed E-state index contributed by atoms with van der Waals surface area (Å²) in [7, 11) is 0. The van der Waals surface area contributed by atoms with Crippen LogP contribution in [-0.2, 0) is 0 Å². The SMILES string of the molecule is O=C(O)c1ccc2ncn(C3CCC34CC4)c2c1. The van der Waals surface area contributed by atoms with E-state index in [4.69, 9.17) is 5.11 Å². The number of carbonyl (C=O) groups is 1. The fourth-order valence-corrected chi connectivity index (χ4v) is 3.27. The summed E-state index contributed by atoms with van der Waals surface area (Å²) >= 11 is 0. The van der Waals surface area contributed by atoms with Gasteiger partial charge in [0.2, 0.25) is 0 Å². The number of hydrogen-bond acceptors (Lipinski definition) is 2. The van der Waals surface area contributed by atoms with Gasteiger partial charge in [-0.05, 0) is 49.3 Å². The van der Waals surface area contributed by atoms with Crippen molar-refractivity contribution in [1.29, 1.82) is 0 Å². The molecule has 1 spiro atoms. The van der Waals surface area contributed by atoms with Crippen LogP contribution in [0.25, 0.3) is 11.0 Å². The maximum Gasteiger partial charge on any atom is 0.335 e. The zero-order chi connectivity index (χ0) is 12.3. The Morgan fingerprint density at radius 3 is 2.83 bits per heavy atom. The first-order chi connectivity index (χ1) is 8.70. The Balaban J connectivity index is 1.85. The van der Waals surface area contributed by atoms with Crippen LogP contribution < -0.4 is 0 Å². The molecular weight excluding hydrogens is 228 g/mol. The molecule has 0 radical (unpaired) electrons. The molecule has 2 aromatic rings. The molecule has 1 atom stereocenters. The number of benzene rings is 1. The van der Waals surface area contributed by atoms with E-state index in [-0.39, 0.29) is 0 Å². The maximum absolute atomic E-state index is 11.0. The van der Waals surface area contributed by atoms with Gasteiger partial charge < -0.3 is 9.67 Å². The normalized spacial score (nSPS) is 24.1. The van der Waals surface area contributed by atoms with Crippen LogP contribution in [0, 0.1) is 5.41 Å². The summed E-state index contributed by atoms with van der Waals surface area (Å²) in [5.74, 6) is -0.876. The van der Waals surface area contributed by atoms with Gasteiger partial charge in [-0.2, -0.15) is 0 Å². The van der Waals surface area contributed by atoms with Gasteiger partial charge in [0.1, 0.15) is 0 Å².